The van der Waals surface area contributed by atoms with Crippen LogP contribution in [0.15, 0.2) is 16.7 Å². The van der Waals surface area contributed by atoms with Gasteiger partial charge in [0.05, 0.1) is 6.26 Å². The quantitative estimate of drug-likeness (QED) is 0.572. The van der Waals surface area contributed by atoms with E-state index in [2.05, 4.69) is 4.42 Å². The number of hydrogen-bond acceptors (Lipinski definition) is 4. The van der Waals surface area contributed by atoms with Gasteiger partial charge in [0.1, 0.15) is 5.56 Å². The van der Waals surface area contributed by atoms with Crippen molar-refractivity contribution in [2.75, 3.05) is 0 Å². The Morgan fingerprint density at radius 2 is 1.47 bits per heavy atom. The second-order valence-corrected chi connectivity index (χ2v) is 2.06. The molecule has 0 atom stereocenters. The Morgan fingerprint density at radius 1 is 1.00 bits per heavy atom. The Labute approximate surface area is 82.0 Å². The van der Waals surface area contributed by atoms with Crippen molar-refractivity contribution < 1.29 is 39.2 Å². The van der Waals surface area contributed by atoms with Crippen molar-refractivity contribution in [1.82, 2.24) is 0 Å². The molecule has 1 heterocycles. The van der Waals surface area contributed by atoms with Crippen LogP contribution in [-0.4, -0.2) is 38.5 Å². The smallest absolute Gasteiger partial charge is 0.478 e. The van der Waals surface area contributed by atoms with Gasteiger partial charge in [0, 0.05) is 0 Å². The molecule has 0 aliphatic heterocycles. The van der Waals surface area contributed by atoms with Crippen molar-refractivity contribution in [2.24, 2.45) is 0 Å². The van der Waals surface area contributed by atoms with Crippen LogP contribution in [0.4, 0.5) is 4.79 Å². The third-order valence-electron chi connectivity index (χ3n) is 1.09. The topological polar surface area (TPSA) is 145 Å². The number of carbonyl (C=O) groups is 3. The summed E-state index contributed by atoms with van der Waals surface area (Å²) >= 11 is 0. The van der Waals surface area contributed by atoms with Crippen LogP contribution in [0.5, 0.6) is 0 Å². The van der Waals surface area contributed by atoms with Crippen molar-refractivity contribution >= 4 is 18.1 Å². The first-order valence-electron chi connectivity index (χ1n) is 3.32. The first-order chi connectivity index (χ1) is 6.86. The molecule has 0 unspecified atom stereocenters. The van der Waals surface area contributed by atoms with Crippen LogP contribution in [-0.2, 0) is 0 Å². The zero-order valence-electron chi connectivity index (χ0n) is 7.08. The van der Waals surface area contributed by atoms with Crippen LogP contribution in [0.2, 0.25) is 0 Å². The molecule has 0 aromatic carbocycles. The van der Waals surface area contributed by atoms with Gasteiger partial charge in [-0.2, -0.15) is 0 Å². The molecule has 8 heteroatoms. The lowest BCUT2D eigenvalue weighted by Gasteiger charge is -1.88. The van der Waals surface area contributed by atoms with E-state index >= 15 is 0 Å². The molecule has 0 saturated heterocycles. The van der Waals surface area contributed by atoms with Gasteiger partial charge in [-0.25, -0.2) is 14.4 Å². The summed E-state index contributed by atoms with van der Waals surface area (Å²) in [5.74, 6) is -3.24. The fourth-order valence-corrected chi connectivity index (χ4v) is 0.643. The lowest BCUT2D eigenvalue weighted by atomic mass is 10.2. The zero-order valence-corrected chi connectivity index (χ0v) is 7.08. The lowest BCUT2D eigenvalue weighted by molar-refractivity contribution is 0.0626. The molecule has 1 rings (SSSR count). The van der Waals surface area contributed by atoms with Crippen LogP contribution in [0.3, 0.4) is 0 Å². The number of hydrogen-bond donors (Lipinski definition) is 4. The summed E-state index contributed by atoms with van der Waals surface area (Å²) in [7, 11) is 0. The first kappa shape index (κ1) is 12.5. The van der Waals surface area contributed by atoms with Gasteiger partial charge < -0.3 is 24.8 Å². The highest BCUT2D eigenvalue weighted by Gasteiger charge is 2.18. The van der Waals surface area contributed by atoms with Gasteiger partial charge in [-0.3, -0.25) is 0 Å². The fraction of sp³-hybridized carbons (Fsp3) is 0. The molecule has 0 amide bonds. The number of carboxylic acid groups (broad SMARTS) is 4. The van der Waals surface area contributed by atoms with E-state index in [9.17, 15) is 9.59 Å². The van der Waals surface area contributed by atoms with Gasteiger partial charge in [-0.05, 0) is 6.07 Å². The number of furan rings is 1. The zero-order chi connectivity index (χ0) is 12.0. The number of carboxylic acids is 2. The van der Waals surface area contributed by atoms with Crippen molar-refractivity contribution in [3.8, 4) is 0 Å². The summed E-state index contributed by atoms with van der Waals surface area (Å²) in [5.41, 5.74) is -0.336. The average Bonchev–Trinajstić information content (AvgIpc) is 2.49. The van der Waals surface area contributed by atoms with E-state index in [1.54, 1.807) is 0 Å². The summed E-state index contributed by atoms with van der Waals surface area (Å²) < 4.78 is 4.41. The number of rotatable bonds is 2. The molecule has 0 saturated carbocycles. The first-order valence-corrected chi connectivity index (χ1v) is 3.32. The Kier molecular flexibility index (Phi) is 4.39. The highest BCUT2D eigenvalue weighted by Crippen LogP contribution is 2.09. The van der Waals surface area contributed by atoms with E-state index in [4.69, 9.17) is 25.2 Å². The molecule has 0 bridgehead atoms. The molecule has 0 radical (unpaired) electrons. The normalized spacial score (nSPS) is 8.53. The monoisotopic (exact) mass is 218 g/mol. The van der Waals surface area contributed by atoms with Gasteiger partial charge in [-0.1, -0.05) is 0 Å². The molecule has 4 N–H and O–H groups in total. The van der Waals surface area contributed by atoms with Crippen LogP contribution in [0.1, 0.15) is 20.9 Å². The Bertz CT molecular complexity index is 344. The summed E-state index contributed by atoms with van der Waals surface area (Å²) in [6, 6.07) is 1.09. The molecule has 0 fully saturated rings. The maximum atomic E-state index is 10.3. The lowest BCUT2D eigenvalue weighted by Crippen LogP contribution is -2.03. The molecule has 0 aliphatic rings. The molecule has 1 aromatic rings. The van der Waals surface area contributed by atoms with Crippen molar-refractivity contribution in [2.45, 2.75) is 0 Å². The van der Waals surface area contributed by atoms with E-state index in [-0.39, 0.29) is 5.56 Å². The third-order valence-corrected chi connectivity index (χ3v) is 1.09. The minimum atomic E-state index is -1.83. The molecule has 82 valence electrons. The van der Waals surface area contributed by atoms with Gasteiger partial charge in [0.25, 0.3) is 0 Å². The fourth-order valence-electron chi connectivity index (χ4n) is 0.643. The average molecular weight is 218 g/mol. The minimum Gasteiger partial charge on any atom is -0.478 e. The summed E-state index contributed by atoms with van der Waals surface area (Å²) in [5, 5.41) is 30.7. The second-order valence-electron chi connectivity index (χ2n) is 2.06. The SMILES string of the molecule is O=C(O)O.O=C(O)c1ccoc1C(=O)O. The maximum absolute atomic E-state index is 10.3. The predicted octanol–water partition coefficient (Wildman–Crippen LogP) is 0.898. The van der Waals surface area contributed by atoms with E-state index in [0.717, 1.165) is 12.3 Å². The van der Waals surface area contributed by atoms with Crippen LogP contribution in [0, 0.1) is 0 Å². The number of aromatic carboxylic acids is 2. The van der Waals surface area contributed by atoms with E-state index in [1.165, 1.54) is 0 Å². The highest BCUT2D eigenvalue weighted by atomic mass is 16.6. The molecule has 15 heavy (non-hydrogen) atoms. The van der Waals surface area contributed by atoms with E-state index in [0.29, 0.717) is 0 Å². The van der Waals surface area contributed by atoms with Crippen LogP contribution in [0.25, 0.3) is 0 Å². The highest BCUT2D eigenvalue weighted by molar-refractivity contribution is 5.99. The van der Waals surface area contributed by atoms with Crippen molar-refractivity contribution in [3.05, 3.63) is 23.7 Å². The Balaban J connectivity index is 0.000000423. The van der Waals surface area contributed by atoms with Gasteiger partial charge in [0.15, 0.2) is 0 Å². The standard InChI is InChI=1S/C6H4O5.CH2O3/c7-5(8)3-1-2-11-4(3)6(9)10;2-1(3)4/h1-2H,(H,7,8)(H,9,10);(H2,2,3,4). The van der Waals surface area contributed by atoms with E-state index in [1.807, 2.05) is 0 Å². The summed E-state index contributed by atoms with van der Waals surface area (Å²) in [4.78, 5) is 29.0. The molecule has 1 aromatic heterocycles. The summed E-state index contributed by atoms with van der Waals surface area (Å²) in [6.07, 6.45) is -0.813. The predicted molar refractivity (Wildman–Crippen MR) is 43.3 cm³/mol. The minimum absolute atomic E-state index is 0.336. The Morgan fingerprint density at radius 3 is 1.73 bits per heavy atom. The van der Waals surface area contributed by atoms with Crippen molar-refractivity contribution in [1.29, 1.82) is 0 Å². The maximum Gasteiger partial charge on any atom is 0.503 e. The molecule has 8 nitrogen and oxygen atoms in total. The molecule has 0 aliphatic carbocycles. The van der Waals surface area contributed by atoms with E-state index < -0.39 is 23.9 Å². The molecular weight excluding hydrogens is 212 g/mol. The van der Waals surface area contributed by atoms with Gasteiger partial charge in [-0.15, -0.1) is 0 Å². The van der Waals surface area contributed by atoms with Crippen molar-refractivity contribution in [3.63, 3.8) is 0 Å². The largest absolute Gasteiger partial charge is 0.503 e. The Hall–Kier alpha value is -2.51. The molecule has 0 spiro atoms. The van der Waals surface area contributed by atoms with Crippen LogP contribution < -0.4 is 0 Å². The molecular formula is C7H6O8. The van der Waals surface area contributed by atoms with Gasteiger partial charge in [0.2, 0.25) is 5.76 Å². The third kappa shape index (κ3) is 4.31. The van der Waals surface area contributed by atoms with Crippen LogP contribution >= 0.6 is 0 Å². The second kappa shape index (κ2) is 5.27. The van der Waals surface area contributed by atoms with Gasteiger partial charge >= 0.3 is 18.1 Å². The summed E-state index contributed by atoms with van der Waals surface area (Å²) in [6.45, 7) is 0.